The average molecular weight is 425 g/mol. The van der Waals surface area contributed by atoms with E-state index >= 15 is 0 Å². The van der Waals surface area contributed by atoms with Gasteiger partial charge in [-0.3, -0.25) is 0 Å². The van der Waals surface area contributed by atoms with Gasteiger partial charge in [-0.2, -0.15) is 0 Å². The minimum absolute atomic E-state index is 0.451. The molecule has 5 rings (SSSR count). The zero-order valence-electron chi connectivity index (χ0n) is 17.2. The van der Waals surface area contributed by atoms with E-state index in [1.54, 1.807) is 6.20 Å². The smallest absolute Gasteiger partial charge is 0.0991 e. The predicted octanol–water partition coefficient (Wildman–Crippen LogP) is 6.02. The lowest BCUT2D eigenvalue weighted by atomic mass is 10.00. The van der Waals surface area contributed by atoms with Crippen molar-refractivity contribution in [3.05, 3.63) is 110 Å². The first-order valence-corrected chi connectivity index (χ1v) is 11.4. The molecule has 1 unspecified atom stereocenters. The van der Waals surface area contributed by atoms with Crippen LogP contribution >= 0.6 is 11.8 Å². The molecule has 154 valence electrons. The van der Waals surface area contributed by atoms with Crippen LogP contribution < -0.4 is 0 Å². The molecule has 5 heteroatoms. The van der Waals surface area contributed by atoms with Crippen molar-refractivity contribution in [3.8, 4) is 5.69 Å². The van der Waals surface area contributed by atoms with Crippen molar-refractivity contribution in [2.45, 2.75) is 29.5 Å². The molecule has 0 N–H and O–H groups in total. The summed E-state index contributed by atoms with van der Waals surface area (Å²) in [5.74, 6) is 0. The molecular formula is C26H24N4S. The molecule has 1 atom stereocenters. The second-order valence-corrected chi connectivity index (χ2v) is 9.01. The monoisotopic (exact) mass is 424 g/mol. The molecule has 0 fully saturated rings. The van der Waals surface area contributed by atoms with Crippen LogP contribution in [0.15, 0.2) is 109 Å². The summed E-state index contributed by atoms with van der Waals surface area (Å²) in [6.07, 6.45) is 13.6. The lowest BCUT2D eigenvalue weighted by Gasteiger charge is -2.18. The largest absolute Gasteiger partial charge is 0.336 e. The normalized spacial score (nSPS) is 12.3. The SMILES string of the molecule is c1ccc2c(CCC(Cn3ccnc3)Sc3ccc(-n4ccnc4)cc3)cccc2c1. The van der Waals surface area contributed by atoms with Crippen LogP contribution in [0.2, 0.25) is 0 Å². The molecule has 5 aromatic rings. The molecule has 3 aromatic carbocycles. The Labute approximate surface area is 186 Å². The maximum absolute atomic E-state index is 4.23. The molecule has 0 aliphatic heterocycles. The van der Waals surface area contributed by atoms with Crippen molar-refractivity contribution >= 4 is 22.5 Å². The summed E-state index contributed by atoms with van der Waals surface area (Å²) in [5, 5.41) is 3.13. The second-order valence-electron chi connectivity index (χ2n) is 7.64. The Kier molecular flexibility index (Phi) is 5.85. The Morgan fingerprint density at radius 3 is 2.42 bits per heavy atom. The molecule has 0 amide bonds. The molecule has 0 saturated heterocycles. The molecule has 0 aliphatic carbocycles. The highest BCUT2D eigenvalue weighted by molar-refractivity contribution is 8.00. The number of aromatic nitrogens is 4. The lowest BCUT2D eigenvalue weighted by Crippen LogP contribution is -2.13. The van der Waals surface area contributed by atoms with Crippen LogP contribution in [-0.2, 0) is 13.0 Å². The number of benzene rings is 3. The van der Waals surface area contributed by atoms with Crippen LogP contribution in [0.4, 0.5) is 0 Å². The molecule has 0 aliphatic rings. The van der Waals surface area contributed by atoms with E-state index in [-0.39, 0.29) is 0 Å². The molecule has 0 spiro atoms. The summed E-state index contributed by atoms with van der Waals surface area (Å²) in [6, 6.07) is 24.0. The topological polar surface area (TPSA) is 35.6 Å². The number of hydrogen-bond acceptors (Lipinski definition) is 3. The average Bonchev–Trinajstić information content (AvgIpc) is 3.53. The van der Waals surface area contributed by atoms with Crippen molar-refractivity contribution in [1.29, 1.82) is 0 Å². The second kappa shape index (κ2) is 9.23. The Hall–Kier alpha value is -3.31. The lowest BCUT2D eigenvalue weighted by molar-refractivity contribution is 0.625. The van der Waals surface area contributed by atoms with Crippen molar-refractivity contribution in [2.24, 2.45) is 0 Å². The van der Waals surface area contributed by atoms with E-state index in [1.165, 1.54) is 21.2 Å². The van der Waals surface area contributed by atoms with E-state index in [2.05, 4.69) is 81.3 Å². The van der Waals surface area contributed by atoms with E-state index < -0.39 is 0 Å². The van der Waals surface area contributed by atoms with Gasteiger partial charge in [-0.1, -0.05) is 42.5 Å². The van der Waals surface area contributed by atoms with Crippen LogP contribution in [0.1, 0.15) is 12.0 Å². The highest BCUT2D eigenvalue weighted by Crippen LogP contribution is 2.30. The number of aryl methyl sites for hydroxylation is 1. The fraction of sp³-hybridized carbons (Fsp3) is 0.154. The summed E-state index contributed by atoms with van der Waals surface area (Å²) < 4.78 is 4.21. The van der Waals surface area contributed by atoms with Crippen LogP contribution in [0.5, 0.6) is 0 Å². The van der Waals surface area contributed by atoms with Crippen molar-refractivity contribution in [1.82, 2.24) is 19.1 Å². The van der Waals surface area contributed by atoms with Gasteiger partial charge in [-0.05, 0) is 53.4 Å². The minimum Gasteiger partial charge on any atom is -0.336 e. The zero-order chi connectivity index (χ0) is 20.9. The first kappa shape index (κ1) is 19.6. The van der Waals surface area contributed by atoms with Crippen molar-refractivity contribution < 1.29 is 0 Å². The number of nitrogens with zero attached hydrogens (tertiary/aromatic N) is 4. The molecular weight excluding hydrogens is 400 g/mol. The number of hydrogen-bond donors (Lipinski definition) is 0. The van der Waals surface area contributed by atoms with E-state index in [0.29, 0.717) is 5.25 Å². The van der Waals surface area contributed by atoms with Crippen LogP contribution in [0.3, 0.4) is 0 Å². The van der Waals surface area contributed by atoms with E-state index in [9.17, 15) is 0 Å². The standard InChI is InChI=1S/C26H24N4S/c1-2-7-26-21(4-1)5-3-6-22(26)8-11-25(18-29-16-14-27-19-29)31-24-12-9-23(10-13-24)30-17-15-28-20-30/h1-7,9-10,12-17,19-20,25H,8,11,18H2. The highest BCUT2D eigenvalue weighted by Gasteiger charge is 2.13. The maximum atomic E-state index is 4.23. The first-order valence-electron chi connectivity index (χ1n) is 10.5. The van der Waals surface area contributed by atoms with Crippen molar-refractivity contribution in [3.63, 3.8) is 0 Å². The van der Waals surface area contributed by atoms with Gasteiger partial charge < -0.3 is 9.13 Å². The van der Waals surface area contributed by atoms with E-state index in [1.807, 2.05) is 47.6 Å². The van der Waals surface area contributed by atoms with Gasteiger partial charge in [-0.25, -0.2) is 9.97 Å². The fourth-order valence-corrected chi connectivity index (χ4v) is 5.11. The fourth-order valence-electron chi connectivity index (χ4n) is 3.95. The molecule has 0 bridgehead atoms. The number of imidazole rings is 2. The van der Waals surface area contributed by atoms with E-state index in [0.717, 1.165) is 25.1 Å². The molecule has 4 nitrogen and oxygen atoms in total. The summed E-state index contributed by atoms with van der Waals surface area (Å²) in [4.78, 5) is 9.65. The minimum atomic E-state index is 0.451. The number of fused-ring (bicyclic) bond motifs is 1. The van der Waals surface area contributed by atoms with Gasteiger partial charge in [0.2, 0.25) is 0 Å². The van der Waals surface area contributed by atoms with Crippen molar-refractivity contribution in [2.75, 3.05) is 0 Å². The first-order chi connectivity index (χ1) is 15.3. The van der Waals surface area contributed by atoms with Crippen LogP contribution in [0.25, 0.3) is 16.5 Å². The third-order valence-corrected chi connectivity index (χ3v) is 6.79. The Morgan fingerprint density at radius 1 is 0.806 bits per heavy atom. The molecule has 0 radical (unpaired) electrons. The summed E-state index contributed by atoms with van der Waals surface area (Å²) >= 11 is 1.94. The summed E-state index contributed by atoms with van der Waals surface area (Å²) in [5.41, 5.74) is 2.55. The molecule has 31 heavy (non-hydrogen) atoms. The maximum Gasteiger partial charge on any atom is 0.0991 e. The molecule has 0 saturated carbocycles. The Bertz CT molecular complexity index is 1220. The Morgan fingerprint density at radius 2 is 1.61 bits per heavy atom. The third-order valence-electron chi connectivity index (χ3n) is 5.53. The zero-order valence-corrected chi connectivity index (χ0v) is 18.0. The number of rotatable bonds is 8. The van der Waals surface area contributed by atoms with Gasteiger partial charge in [0.15, 0.2) is 0 Å². The Balaban J connectivity index is 1.33. The number of thioether (sulfide) groups is 1. The van der Waals surface area contributed by atoms with Gasteiger partial charge in [-0.15, -0.1) is 11.8 Å². The van der Waals surface area contributed by atoms with Gasteiger partial charge >= 0.3 is 0 Å². The van der Waals surface area contributed by atoms with Gasteiger partial charge in [0, 0.05) is 47.2 Å². The van der Waals surface area contributed by atoms with Gasteiger partial charge in [0.25, 0.3) is 0 Å². The van der Waals surface area contributed by atoms with Gasteiger partial charge in [0.05, 0.1) is 12.7 Å². The van der Waals surface area contributed by atoms with Crippen LogP contribution in [-0.4, -0.2) is 24.4 Å². The van der Waals surface area contributed by atoms with Gasteiger partial charge in [0.1, 0.15) is 0 Å². The van der Waals surface area contributed by atoms with Crippen LogP contribution in [0, 0.1) is 0 Å². The quantitative estimate of drug-likeness (QED) is 0.286. The summed E-state index contributed by atoms with van der Waals surface area (Å²) in [7, 11) is 0. The molecule has 2 heterocycles. The van der Waals surface area contributed by atoms with E-state index in [4.69, 9.17) is 0 Å². The predicted molar refractivity (Wildman–Crippen MR) is 128 cm³/mol. The highest BCUT2D eigenvalue weighted by atomic mass is 32.2. The third kappa shape index (κ3) is 4.72. The molecule has 2 aromatic heterocycles. The summed E-state index contributed by atoms with van der Waals surface area (Å²) in [6.45, 7) is 0.943.